The summed E-state index contributed by atoms with van der Waals surface area (Å²) in [5.41, 5.74) is 0. The molecule has 2 aromatic rings. The van der Waals surface area contributed by atoms with Gasteiger partial charge in [-0.15, -0.1) is 11.8 Å². The number of benzene rings is 1. The van der Waals surface area contributed by atoms with E-state index in [-0.39, 0.29) is 11.2 Å². The Kier molecular flexibility index (Phi) is 5.28. The summed E-state index contributed by atoms with van der Waals surface area (Å²) in [5, 5.41) is 7.91. The number of hydrogen-bond donors (Lipinski definition) is 1. The number of halogens is 1. The second kappa shape index (κ2) is 7.41. The Morgan fingerprint density at radius 3 is 2.70 bits per heavy atom. The number of carbonyl (C=O) groups is 1. The predicted octanol–water partition coefficient (Wildman–Crippen LogP) is 4.77. The van der Waals surface area contributed by atoms with E-state index in [1.165, 1.54) is 24.6 Å². The van der Waals surface area contributed by atoms with Gasteiger partial charge in [0.1, 0.15) is 5.82 Å². The molecule has 0 aliphatic heterocycles. The Hall–Kier alpha value is -1.46. The zero-order valence-corrected chi connectivity index (χ0v) is 14.6. The van der Waals surface area contributed by atoms with Crippen molar-refractivity contribution in [2.24, 2.45) is 0 Å². The van der Waals surface area contributed by atoms with Crippen molar-refractivity contribution in [3.63, 3.8) is 0 Å². The molecule has 1 atom stereocenters. The fourth-order valence-electron chi connectivity index (χ4n) is 2.85. The monoisotopic (exact) mass is 349 g/mol. The van der Waals surface area contributed by atoms with Gasteiger partial charge in [0.25, 0.3) is 0 Å². The summed E-state index contributed by atoms with van der Waals surface area (Å²) >= 11 is 7.41. The lowest BCUT2D eigenvalue weighted by atomic mass is 10.2. The maximum absolute atomic E-state index is 12.4. The van der Waals surface area contributed by atoms with E-state index >= 15 is 0 Å². The van der Waals surface area contributed by atoms with Gasteiger partial charge in [0, 0.05) is 16.0 Å². The molecule has 1 aliphatic rings. The van der Waals surface area contributed by atoms with Crippen LogP contribution in [0.4, 0.5) is 5.82 Å². The van der Waals surface area contributed by atoms with E-state index < -0.39 is 0 Å². The van der Waals surface area contributed by atoms with Gasteiger partial charge >= 0.3 is 0 Å². The molecule has 6 heteroatoms. The van der Waals surface area contributed by atoms with Gasteiger partial charge in [0.2, 0.25) is 5.91 Å². The van der Waals surface area contributed by atoms with Gasteiger partial charge in [-0.3, -0.25) is 4.79 Å². The van der Waals surface area contributed by atoms with E-state index in [9.17, 15) is 4.79 Å². The van der Waals surface area contributed by atoms with Crippen molar-refractivity contribution in [1.29, 1.82) is 0 Å². The lowest BCUT2D eigenvalue weighted by Gasteiger charge is -2.16. The molecule has 1 amide bonds. The number of thioether (sulfide) groups is 1. The van der Waals surface area contributed by atoms with Crippen LogP contribution in [0.3, 0.4) is 0 Å². The van der Waals surface area contributed by atoms with Crippen LogP contribution in [0.1, 0.15) is 38.6 Å². The topological polar surface area (TPSA) is 46.9 Å². The third-order valence-corrected chi connectivity index (χ3v) is 5.45. The molecule has 1 heterocycles. The fraction of sp³-hybridized carbons (Fsp3) is 0.412. The summed E-state index contributed by atoms with van der Waals surface area (Å²) in [7, 11) is 0. The van der Waals surface area contributed by atoms with Crippen molar-refractivity contribution in [1.82, 2.24) is 9.78 Å². The zero-order chi connectivity index (χ0) is 16.2. The van der Waals surface area contributed by atoms with Gasteiger partial charge in [-0.2, -0.15) is 5.10 Å². The van der Waals surface area contributed by atoms with E-state index in [2.05, 4.69) is 10.4 Å². The smallest absolute Gasteiger partial charge is 0.238 e. The Labute approximate surface area is 145 Å². The molecule has 23 heavy (non-hydrogen) atoms. The third-order valence-electron chi connectivity index (χ3n) is 4.09. The standard InChI is InChI=1S/C17H20ClN3OS/c1-12(23-15-8-6-13(18)7-9-15)17(22)20-16-10-11-19-21(16)14-4-2-3-5-14/h6-12,14H,2-5H2,1H3,(H,20,22). The van der Waals surface area contributed by atoms with Crippen LogP contribution in [0.25, 0.3) is 0 Å². The summed E-state index contributed by atoms with van der Waals surface area (Å²) in [6.45, 7) is 1.91. The molecule has 0 spiro atoms. The lowest BCUT2D eigenvalue weighted by molar-refractivity contribution is -0.115. The van der Waals surface area contributed by atoms with E-state index in [1.807, 2.05) is 41.9 Å². The molecule has 0 saturated heterocycles. The van der Waals surface area contributed by atoms with Gasteiger partial charge in [-0.05, 0) is 44.0 Å². The quantitative estimate of drug-likeness (QED) is 0.791. The average molecular weight is 350 g/mol. The molecule has 0 bridgehead atoms. The second-order valence-electron chi connectivity index (χ2n) is 5.80. The molecule has 0 radical (unpaired) electrons. The van der Waals surface area contributed by atoms with Crippen LogP contribution in [0.2, 0.25) is 5.02 Å². The van der Waals surface area contributed by atoms with Crippen molar-refractivity contribution < 1.29 is 4.79 Å². The molecule has 1 N–H and O–H groups in total. The summed E-state index contributed by atoms with van der Waals surface area (Å²) in [5.74, 6) is 0.787. The maximum atomic E-state index is 12.4. The third kappa shape index (κ3) is 4.09. The molecule has 1 unspecified atom stereocenters. The summed E-state index contributed by atoms with van der Waals surface area (Å²) in [6, 6.07) is 9.82. The molecule has 1 aromatic carbocycles. The van der Waals surface area contributed by atoms with Crippen molar-refractivity contribution >= 4 is 35.1 Å². The first-order chi connectivity index (χ1) is 11.1. The largest absolute Gasteiger partial charge is 0.310 e. The van der Waals surface area contributed by atoms with Gasteiger partial charge in [0.15, 0.2) is 0 Å². The molecule has 1 fully saturated rings. The summed E-state index contributed by atoms with van der Waals surface area (Å²) in [4.78, 5) is 13.5. The van der Waals surface area contributed by atoms with E-state index in [4.69, 9.17) is 11.6 Å². The van der Waals surface area contributed by atoms with Crippen molar-refractivity contribution in [3.8, 4) is 0 Å². The molecule has 4 nitrogen and oxygen atoms in total. The highest BCUT2D eigenvalue weighted by Crippen LogP contribution is 2.31. The number of carbonyl (C=O) groups excluding carboxylic acids is 1. The summed E-state index contributed by atoms with van der Waals surface area (Å²) < 4.78 is 1.96. The minimum absolute atomic E-state index is 0.00954. The minimum Gasteiger partial charge on any atom is -0.310 e. The molecule has 3 rings (SSSR count). The number of amides is 1. The van der Waals surface area contributed by atoms with Crippen molar-refractivity contribution in [2.75, 3.05) is 5.32 Å². The van der Waals surface area contributed by atoms with Crippen LogP contribution in [-0.2, 0) is 4.79 Å². The summed E-state index contributed by atoms with van der Waals surface area (Å²) in [6.07, 6.45) is 6.51. The fourth-order valence-corrected chi connectivity index (χ4v) is 3.85. The highest BCUT2D eigenvalue weighted by molar-refractivity contribution is 8.00. The molecule has 1 saturated carbocycles. The van der Waals surface area contributed by atoms with Gasteiger partial charge in [-0.1, -0.05) is 24.4 Å². The Bertz CT molecular complexity index is 665. The normalized spacial score (nSPS) is 16.4. The SMILES string of the molecule is CC(Sc1ccc(Cl)cc1)C(=O)Nc1ccnn1C1CCCC1. The number of anilines is 1. The maximum Gasteiger partial charge on any atom is 0.238 e. The average Bonchev–Trinajstić information content (AvgIpc) is 3.20. The zero-order valence-electron chi connectivity index (χ0n) is 13.0. The Balaban J connectivity index is 1.62. The second-order valence-corrected chi connectivity index (χ2v) is 7.65. The van der Waals surface area contributed by atoms with Crippen LogP contribution >= 0.6 is 23.4 Å². The Morgan fingerprint density at radius 1 is 1.30 bits per heavy atom. The van der Waals surface area contributed by atoms with Crippen LogP contribution in [-0.4, -0.2) is 20.9 Å². The first kappa shape index (κ1) is 16.4. The van der Waals surface area contributed by atoms with Crippen molar-refractivity contribution in [3.05, 3.63) is 41.6 Å². The molecular weight excluding hydrogens is 330 g/mol. The van der Waals surface area contributed by atoms with Crippen LogP contribution < -0.4 is 5.32 Å². The predicted molar refractivity (Wildman–Crippen MR) is 95.1 cm³/mol. The molecule has 1 aromatic heterocycles. The van der Waals surface area contributed by atoms with Crippen LogP contribution in [0, 0.1) is 0 Å². The van der Waals surface area contributed by atoms with Crippen LogP contribution in [0.5, 0.6) is 0 Å². The minimum atomic E-state index is -0.192. The van der Waals surface area contributed by atoms with Crippen molar-refractivity contribution in [2.45, 2.75) is 48.8 Å². The van der Waals surface area contributed by atoms with E-state index in [0.29, 0.717) is 11.1 Å². The molecule has 1 aliphatic carbocycles. The van der Waals surface area contributed by atoms with Crippen LogP contribution in [0.15, 0.2) is 41.4 Å². The first-order valence-electron chi connectivity index (χ1n) is 7.90. The molecule has 122 valence electrons. The highest BCUT2D eigenvalue weighted by Gasteiger charge is 2.22. The Morgan fingerprint density at radius 2 is 2.00 bits per heavy atom. The highest BCUT2D eigenvalue weighted by atomic mass is 35.5. The van der Waals surface area contributed by atoms with E-state index in [0.717, 1.165) is 23.6 Å². The number of aromatic nitrogens is 2. The number of nitrogens with zero attached hydrogens (tertiary/aromatic N) is 2. The van der Waals surface area contributed by atoms with Gasteiger partial charge in [0.05, 0.1) is 17.5 Å². The first-order valence-corrected chi connectivity index (χ1v) is 9.16. The van der Waals surface area contributed by atoms with E-state index in [1.54, 1.807) is 6.20 Å². The lowest BCUT2D eigenvalue weighted by Crippen LogP contribution is -2.24. The number of hydrogen-bond acceptors (Lipinski definition) is 3. The molecular formula is C17H20ClN3OS. The number of nitrogens with one attached hydrogen (secondary N) is 1. The van der Waals surface area contributed by atoms with Gasteiger partial charge in [-0.25, -0.2) is 4.68 Å². The van der Waals surface area contributed by atoms with Gasteiger partial charge < -0.3 is 5.32 Å². The number of rotatable bonds is 5.